The second-order valence-corrected chi connectivity index (χ2v) is 9.07. The van der Waals surface area contributed by atoms with Crippen LogP contribution in [-0.4, -0.2) is 39.0 Å². The number of sulfonamides is 1. The smallest absolute Gasteiger partial charge is 0.240 e. The first-order valence-electron chi connectivity index (χ1n) is 8.00. The van der Waals surface area contributed by atoms with Gasteiger partial charge in [0.2, 0.25) is 10.0 Å². The van der Waals surface area contributed by atoms with Crippen LogP contribution in [0.1, 0.15) is 39.2 Å². The van der Waals surface area contributed by atoms with E-state index < -0.39 is 10.0 Å². The first-order chi connectivity index (χ1) is 10.2. The average Bonchev–Trinajstić information content (AvgIpc) is 2.90. The molecular weight excluding hydrogens is 296 g/mol. The molecule has 0 radical (unpaired) electrons. The van der Waals surface area contributed by atoms with Crippen molar-refractivity contribution in [2.24, 2.45) is 5.41 Å². The van der Waals surface area contributed by atoms with E-state index in [0.29, 0.717) is 4.90 Å². The van der Waals surface area contributed by atoms with Gasteiger partial charge < -0.3 is 4.90 Å². The summed E-state index contributed by atoms with van der Waals surface area (Å²) < 4.78 is 28.2. The van der Waals surface area contributed by atoms with E-state index in [2.05, 4.69) is 30.4 Å². The summed E-state index contributed by atoms with van der Waals surface area (Å²) in [7, 11) is -3.48. The Morgan fingerprint density at radius 1 is 1.14 bits per heavy atom. The van der Waals surface area contributed by atoms with Gasteiger partial charge in [-0.15, -0.1) is 0 Å². The van der Waals surface area contributed by atoms with E-state index in [1.165, 1.54) is 12.8 Å². The number of hydrogen-bond acceptors (Lipinski definition) is 3. The van der Waals surface area contributed by atoms with Gasteiger partial charge in [0.05, 0.1) is 4.90 Å². The minimum atomic E-state index is -3.48. The molecule has 1 aliphatic rings. The number of benzene rings is 1. The number of aryl methyl sites for hydroxylation is 1. The molecule has 1 heterocycles. The van der Waals surface area contributed by atoms with Gasteiger partial charge in [-0.2, -0.15) is 0 Å². The van der Waals surface area contributed by atoms with E-state index in [1.54, 1.807) is 12.1 Å². The minimum Gasteiger partial charge on any atom is -0.302 e. The number of nitrogens with zero attached hydrogens (tertiary/aromatic N) is 1. The van der Waals surface area contributed by atoms with Crippen LogP contribution in [0.5, 0.6) is 0 Å². The van der Waals surface area contributed by atoms with Gasteiger partial charge in [0.15, 0.2) is 0 Å². The molecule has 1 aromatic carbocycles. The summed E-state index contributed by atoms with van der Waals surface area (Å²) >= 11 is 0. The second-order valence-electron chi connectivity index (χ2n) is 7.36. The Balaban J connectivity index is 2.16. The Hall–Kier alpha value is -0.910. The molecule has 124 valence electrons. The first-order valence-corrected chi connectivity index (χ1v) is 9.48. The van der Waals surface area contributed by atoms with Crippen molar-refractivity contribution in [2.45, 2.75) is 51.5 Å². The lowest BCUT2D eigenvalue weighted by Crippen LogP contribution is -2.50. The topological polar surface area (TPSA) is 49.4 Å². The van der Waals surface area contributed by atoms with Gasteiger partial charge in [0.1, 0.15) is 0 Å². The molecule has 1 aromatic rings. The molecule has 1 saturated heterocycles. The van der Waals surface area contributed by atoms with Crippen molar-refractivity contribution in [1.82, 2.24) is 9.62 Å². The highest BCUT2D eigenvalue weighted by molar-refractivity contribution is 7.89. The fourth-order valence-corrected chi connectivity index (χ4v) is 4.12. The third kappa shape index (κ3) is 4.54. The molecule has 0 aromatic heterocycles. The summed E-state index contributed by atoms with van der Waals surface area (Å²) in [6.45, 7) is 11.1. The molecule has 1 N–H and O–H groups in total. The van der Waals surface area contributed by atoms with Crippen molar-refractivity contribution in [1.29, 1.82) is 0 Å². The lowest BCUT2D eigenvalue weighted by atomic mass is 9.87. The minimum absolute atomic E-state index is 0.100. The summed E-state index contributed by atoms with van der Waals surface area (Å²) in [5, 5.41) is 0. The Bertz CT molecular complexity index is 582. The predicted molar refractivity (Wildman–Crippen MR) is 90.4 cm³/mol. The zero-order valence-electron chi connectivity index (χ0n) is 14.1. The third-order valence-electron chi connectivity index (χ3n) is 4.31. The third-order valence-corrected chi connectivity index (χ3v) is 5.80. The first kappa shape index (κ1) is 17.4. The van der Waals surface area contributed by atoms with Crippen molar-refractivity contribution >= 4 is 10.0 Å². The predicted octanol–water partition coefficient (Wildman–Crippen LogP) is 2.78. The number of nitrogens with one attached hydrogen (secondary N) is 1. The maximum absolute atomic E-state index is 12.6. The summed E-state index contributed by atoms with van der Waals surface area (Å²) in [5.74, 6) is 0. The summed E-state index contributed by atoms with van der Waals surface area (Å²) in [4.78, 5) is 2.70. The molecule has 1 fully saturated rings. The van der Waals surface area contributed by atoms with Crippen LogP contribution in [0.2, 0.25) is 0 Å². The van der Waals surface area contributed by atoms with Crippen LogP contribution in [0.4, 0.5) is 0 Å². The van der Waals surface area contributed by atoms with Crippen molar-refractivity contribution in [3.05, 3.63) is 29.8 Å². The standard InChI is InChI=1S/C17H28N2O2S/c1-14-7-9-15(10-8-14)22(20,21)18-16(17(2,3)4)13-19-11-5-6-12-19/h7-10,16,18H,5-6,11-13H2,1-4H3/t16-/m1/s1. The molecule has 1 aliphatic heterocycles. The Morgan fingerprint density at radius 3 is 2.18 bits per heavy atom. The van der Waals surface area contributed by atoms with Crippen LogP contribution in [0.25, 0.3) is 0 Å². The molecule has 22 heavy (non-hydrogen) atoms. The molecule has 1 atom stereocenters. The van der Waals surface area contributed by atoms with Crippen molar-refractivity contribution in [2.75, 3.05) is 19.6 Å². The van der Waals surface area contributed by atoms with E-state index in [4.69, 9.17) is 0 Å². The van der Waals surface area contributed by atoms with Crippen molar-refractivity contribution < 1.29 is 8.42 Å². The Morgan fingerprint density at radius 2 is 1.68 bits per heavy atom. The van der Waals surface area contributed by atoms with Gasteiger partial charge in [0, 0.05) is 12.6 Å². The molecular formula is C17H28N2O2S. The van der Waals surface area contributed by atoms with Gasteiger partial charge in [-0.25, -0.2) is 13.1 Å². The van der Waals surface area contributed by atoms with E-state index in [-0.39, 0.29) is 11.5 Å². The zero-order chi connectivity index (χ0) is 16.4. The largest absolute Gasteiger partial charge is 0.302 e. The SMILES string of the molecule is Cc1ccc(S(=O)(=O)N[C@H](CN2CCCC2)C(C)(C)C)cc1. The Kier molecular flexibility index (Phi) is 5.30. The molecule has 0 unspecified atom stereocenters. The lowest BCUT2D eigenvalue weighted by molar-refractivity contribution is 0.214. The maximum atomic E-state index is 12.6. The summed E-state index contributed by atoms with van der Waals surface area (Å²) in [6, 6.07) is 6.92. The van der Waals surface area contributed by atoms with Gasteiger partial charge in [-0.3, -0.25) is 0 Å². The molecule has 2 rings (SSSR count). The molecule has 0 spiro atoms. The zero-order valence-corrected chi connectivity index (χ0v) is 14.9. The number of likely N-dealkylation sites (tertiary alicyclic amines) is 1. The van der Waals surface area contributed by atoms with E-state index in [0.717, 1.165) is 25.2 Å². The van der Waals surface area contributed by atoms with Crippen LogP contribution in [0, 0.1) is 12.3 Å². The van der Waals surface area contributed by atoms with E-state index >= 15 is 0 Å². The highest BCUT2D eigenvalue weighted by atomic mass is 32.2. The summed E-state index contributed by atoms with van der Waals surface area (Å²) in [6.07, 6.45) is 2.42. The number of rotatable bonds is 5. The van der Waals surface area contributed by atoms with Gasteiger partial charge in [-0.05, 0) is 50.4 Å². The molecule has 0 saturated carbocycles. The van der Waals surface area contributed by atoms with Crippen LogP contribution >= 0.6 is 0 Å². The van der Waals surface area contributed by atoms with Crippen molar-refractivity contribution in [3.8, 4) is 0 Å². The molecule has 4 nitrogen and oxygen atoms in total. The Labute approximate surface area is 135 Å². The van der Waals surface area contributed by atoms with Crippen LogP contribution < -0.4 is 4.72 Å². The monoisotopic (exact) mass is 324 g/mol. The lowest BCUT2D eigenvalue weighted by Gasteiger charge is -2.34. The van der Waals surface area contributed by atoms with Gasteiger partial charge in [0.25, 0.3) is 0 Å². The van der Waals surface area contributed by atoms with Crippen LogP contribution in [-0.2, 0) is 10.0 Å². The van der Waals surface area contributed by atoms with Gasteiger partial charge in [-0.1, -0.05) is 38.5 Å². The van der Waals surface area contributed by atoms with Crippen LogP contribution in [0.3, 0.4) is 0 Å². The van der Waals surface area contributed by atoms with E-state index in [9.17, 15) is 8.42 Å². The molecule has 0 amide bonds. The fraction of sp³-hybridized carbons (Fsp3) is 0.647. The molecule has 0 bridgehead atoms. The highest BCUT2D eigenvalue weighted by Crippen LogP contribution is 2.24. The molecule has 0 aliphatic carbocycles. The summed E-state index contributed by atoms with van der Waals surface area (Å²) in [5.41, 5.74) is 0.934. The maximum Gasteiger partial charge on any atom is 0.240 e. The second kappa shape index (κ2) is 6.69. The molecule has 5 heteroatoms. The average molecular weight is 324 g/mol. The van der Waals surface area contributed by atoms with E-state index in [1.807, 2.05) is 19.1 Å². The van der Waals surface area contributed by atoms with Gasteiger partial charge >= 0.3 is 0 Å². The number of hydrogen-bond donors (Lipinski definition) is 1. The normalized spacial score (nSPS) is 18.5. The van der Waals surface area contributed by atoms with Crippen molar-refractivity contribution in [3.63, 3.8) is 0 Å². The van der Waals surface area contributed by atoms with Crippen LogP contribution in [0.15, 0.2) is 29.2 Å². The fourth-order valence-electron chi connectivity index (χ4n) is 2.68. The quantitative estimate of drug-likeness (QED) is 0.906. The highest BCUT2D eigenvalue weighted by Gasteiger charge is 2.31.